The second kappa shape index (κ2) is 6.98. The van der Waals surface area contributed by atoms with E-state index >= 15 is 0 Å². The lowest BCUT2D eigenvalue weighted by Gasteiger charge is -2.22. The zero-order valence-corrected chi connectivity index (χ0v) is 10.9. The molecule has 0 saturated heterocycles. The minimum Gasteiger partial charge on any atom is -0.494 e. The summed E-state index contributed by atoms with van der Waals surface area (Å²) in [6, 6.07) is 8.72. The molecular weight excluding hydrogens is 210 g/mol. The molecule has 1 aromatic rings. The van der Waals surface area contributed by atoms with Gasteiger partial charge in [0, 0.05) is 6.04 Å². The molecule has 2 heteroatoms. The van der Waals surface area contributed by atoms with Crippen molar-refractivity contribution in [3.63, 3.8) is 0 Å². The highest BCUT2D eigenvalue weighted by molar-refractivity contribution is 5.27. The smallest absolute Gasteiger partial charge is 0.119 e. The van der Waals surface area contributed by atoms with Crippen LogP contribution in [0.15, 0.2) is 24.3 Å². The SMILES string of the molecule is C#CCN(C)C(C)Cc1ccc(OCC)cc1. The number of ether oxygens (including phenoxy) is 1. The Morgan fingerprint density at radius 1 is 1.35 bits per heavy atom. The Morgan fingerprint density at radius 2 is 2.00 bits per heavy atom. The van der Waals surface area contributed by atoms with Crippen LogP contribution < -0.4 is 4.74 Å². The standard InChI is InChI=1S/C15H21NO/c1-5-11-16(4)13(3)12-14-7-9-15(10-8-14)17-6-2/h1,7-10,13H,6,11-12H2,2-4H3. The van der Waals surface area contributed by atoms with Gasteiger partial charge in [-0.25, -0.2) is 0 Å². The second-order valence-electron chi connectivity index (χ2n) is 4.25. The minimum absolute atomic E-state index is 0.448. The fourth-order valence-corrected chi connectivity index (χ4v) is 1.69. The van der Waals surface area contributed by atoms with Gasteiger partial charge >= 0.3 is 0 Å². The molecule has 0 aliphatic carbocycles. The van der Waals surface area contributed by atoms with Crippen LogP contribution >= 0.6 is 0 Å². The van der Waals surface area contributed by atoms with E-state index in [2.05, 4.69) is 36.9 Å². The molecule has 0 radical (unpaired) electrons. The second-order valence-corrected chi connectivity index (χ2v) is 4.25. The molecule has 0 aliphatic heterocycles. The van der Waals surface area contributed by atoms with Gasteiger partial charge in [0.05, 0.1) is 13.2 Å². The lowest BCUT2D eigenvalue weighted by atomic mass is 10.1. The van der Waals surface area contributed by atoms with Crippen molar-refractivity contribution in [2.45, 2.75) is 26.3 Å². The van der Waals surface area contributed by atoms with Crippen molar-refractivity contribution in [1.82, 2.24) is 4.90 Å². The summed E-state index contributed by atoms with van der Waals surface area (Å²) in [7, 11) is 2.05. The Kier molecular flexibility index (Phi) is 5.59. The zero-order chi connectivity index (χ0) is 12.7. The fourth-order valence-electron chi connectivity index (χ4n) is 1.69. The number of nitrogens with zero attached hydrogens (tertiary/aromatic N) is 1. The Bertz CT molecular complexity index is 364. The number of rotatable bonds is 6. The van der Waals surface area contributed by atoms with Crippen molar-refractivity contribution >= 4 is 0 Å². The van der Waals surface area contributed by atoms with Crippen LogP contribution in [0.3, 0.4) is 0 Å². The van der Waals surface area contributed by atoms with Gasteiger partial charge in [-0.15, -0.1) is 6.42 Å². The molecule has 1 unspecified atom stereocenters. The van der Waals surface area contributed by atoms with E-state index in [-0.39, 0.29) is 0 Å². The highest BCUT2D eigenvalue weighted by atomic mass is 16.5. The molecule has 1 atom stereocenters. The molecule has 2 nitrogen and oxygen atoms in total. The molecule has 0 aromatic heterocycles. The van der Waals surface area contributed by atoms with Gasteiger partial charge in [0.2, 0.25) is 0 Å². The molecule has 1 aromatic carbocycles. The maximum absolute atomic E-state index is 5.41. The summed E-state index contributed by atoms with van der Waals surface area (Å²) >= 11 is 0. The normalized spacial score (nSPS) is 12.2. The third kappa shape index (κ3) is 4.50. The summed E-state index contributed by atoms with van der Waals surface area (Å²) in [5, 5.41) is 0. The van der Waals surface area contributed by atoms with Crippen molar-refractivity contribution in [1.29, 1.82) is 0 Å². The Labute approximate surface area is 105 Å². The van der Waals surface area contributed by atoms with Gasteiger partial charge in [0.15, 0.2) is 0 Å². The fraction of sp³-hybridized carbons (Fsp3) is 0.467. The summed E-state index contributed by atoms with van der Waals surface area (Å²) in [5.74, 6) is 3.60. The number of benzene rings is 1. The van der Waals surface area contributed by atoms with Gasteiger partial charge in [-0.1, -0.05) is 18.1 Å². The maximum atomic E-state index is 5.41. The molecular formula is C15H21NO. The van der Waals surface area contributed by atoms with Crippen LogP contribution in [0.5, 0.6) is 5.75 Å². The van der Waals surface area contributed by atoms with E-state index in [9.17, 15) is 0 Å². The van der Waals surface area contributed by atoms with E-state index in [0.717, 1.165) is 12.2 Å². The Morgan fingerprint density at radius 3 is 2.53 bits per heavy atom. The van der Waals surface area contributed by atoms with Crippen molar-refractivity contribution in [2.24, 2.45) is 0 Å². The highest BCUT2D eigenvalue weighted by Crippen LogP contribution is 2.14. The van der Waals surface area contributed by atoms with Gasteiger partial charge in [-0.3, -0.25) is 4.90 Å². The molecule has 17 heavy (non-hydrogen) atoms. The van der Waals surface area contributed by atoms with E-state index in [4.69, 9.17) is 11.2 Å². The molecule has 92 valence electrons. The number of likely N-dealkylation sites (N-methyl/N-ethyl adjacent to an activating group) is 1. The van der Waals surface area contributed by atoms with Crippen molar-refractivity contribution in [2.75, 3.05) is 20.2 Å². The predicted molar refractivity (Wildman–Crippen MR) is 72.2 cm³/mol. The Hall–Kier alpha value is -1.46. The van der Waals surface area contributed by atoms with E-state index in [0.29, 0.717) is 19.2 Å². The van der Waals surface area contributed by atoms with Gasteiger partial charge in [-0.2, -0.15) is 0 Å². The molecule has 1 rings (SSSR count). The zero-order valence-electron chi connectivity index (χ0n) is 10.9. The summed E-state index contributed by atoms with van der Waals surface area (Å²) < 4.78 is 5.41. The number of terminal acetylenes is 1. The molecule has 0 amide bonds. The number of hydrogen-bond donors (Lipinski definition) is 0. The van der Waals surface area contributed by atoms with Gasteiger partial charge in [0.25, 0.3) is 0 Å². The van der Waals surface area contributed by atoms with Crippen LogP contribution in [0.1, 0.15) is 19.4 Å². The van der Waals surface area contributed by atoms with Gasteiger partial charge in [-0.05, 0) is 45.0 Å². The Balaban J connectivity index is 2.54. The molecule has 0 fully saturated rings. The summed E-state index contributed by atoms with van der Waals surface area (Å²) in [4.78, 5) is 2.18. The van der Waals surface area contributed by atoms with Crippen molar-refractivity contribution < 1.29 is 4.74 Å². The van der Waals surface area contributed by atoms with Crippen LogP contribution in [-0.2, 0) is 6.42 Å². The van der Waals surface area contributed by atoms with Crippen LogP contribution in [0.2, 0.25) is 0 Å². The van der Waals surface area contributed by atoms with Crippen LogP contribution in [0, 0.1) is 12.3 Å². The van der Waals surface area contributed by atoms with E-state index < -0.39 is 0 Å². The summed E-state index contributed by atoms with van der Waals surface area (Å²) in [6.45, 7) is 5.58. The van der Waals surface area contributed by atoms with Crippen LogP contribution in [0.25, 0.3) is 0 Å². The molecule has 0 aliphatic rings. The van der Waals surface area contributed by atoms with Crippen LogP contribution in [-0.4, -0.2) is 31.1 Å². The van der Waals surface area contributed by atoms with E-state index in [1.54, 1.807) is 0 Å². The molecule has 0 bridgehead atoms. The largest absolute Gasteiger partial charge is 0.494 e. The van der Waals surface area contributed by atoms with E-state index in [1.165, 1.54) is 5.56 Å². The first-order chi connectivity index (χ1) is 8.17. The van der Waals surface area contributed by atoms with Crippen molar-refractivity contribution in [3.05, 3.63) is 29.8 Å². The van der Waals surface area contributed by atoms with Gasteiger partial charge < -0.3 is 4.74 Å². The number of hydrogen-bond acceptors (Lipinski definition) is 2. The molecule has 0 spiro atoms. The molecule has 0 N–H and O–H groups in total. The average molecular weight is 231 g/mol. The third-order valence-electron chi connectivity index (χ3n) is 2.86. The predicted octanol–water partition coefficient (Wildman–Crippen LogP) is 2.58. The minimum atomic E-state index is 0.448. The first kappa shape index (κ1) is 13.6. The lowest BCUT2D eigenvalue weighted by Crippen LogP contribution is -2.31. The summed E-state index contributed by atoms with van der Waals surface area (Å²) in [6.07, 6.45) is 6.31. The summed E-state index contributed by atoms with van der Waals surface area (Å²) in [5.41, 5.74) is 1.31. The van der Waals surface area contributed by atoms with Crippen molar-refractivity contribution in [3.8, 4) is 18.1 Å². The maximum Gasteiger partial charge on any atom is 0.119 e. The first-order valence-electron chi connectivity index (χ1n) is 6.02. The van der Waals surface area contributed by atoms with E-state index in [1.807, 2.05) is 19.1 Å². The lowest BCUT2D eigenvalue weighted by molar-refractivity contribution is 0.287. The van der Waals surface area contributed by atoms with Gasteiger partial charge in [0.1, 0.15) is 5.75 Å². The monoisotopic (exact) mass is 231 g/mol. The average Bonchev–Trinajstić information content (AvgIpc) is 2.32. The molecule has 0 heterocycles. The third-order valence-corrected chi connectivity index (χ3v) is 2.86. The molecule has 0 saturated carbocycles. The topological polar surface area (TPSA) is 12.5 Å². The van der Waals surface area contributed by atoms with Crippen LogP contribution in [0.4, 0.5) is 0 Å². The quantitative estimate of drug-likeness (QED) is 0.698. The highest BCUT2D eigenvalue weighted by Gasteiger charge is 2.08. The first-order valence-corrected chi connectivity index (χ1v) is 6.02.